The van der Waals surface area contributed by atoms with Gasteiger partial charge in [0.05, 0.1) is 0 Å². The Bertz CT molecular complexity index is 168. The fourth-order valence-electron chi connectivity index (χ4n) is 1.39. The van der Waals surface area contributed by atoms with E-state index in [1.54, 1.807) is 6.26 Å². The van der Waals surface area contributed by atoms with Crippen LogP contribution >= 0.6 is 0 Å². The third kappa shape index (κ3) is 6.22. The minimum absolute atomic E-state index is 0.530. The van der Waals surface area contributed by atoms with Crippen LogP contribution in [0.3, 0.4) is 0 Å². The molecule has 2 unspecified atom stereocenters. The summed E-state index contributed by atoms with van der Waals surface area (Å²) < 4.78 is 10.8. The first-order valence-electron chi connectivity index (χ1n) is 5.22. The van der Waals surface area contributed by atoms with E-state index in [0.717, 1.165) is 24.6 Å². The fraction of sp³-hybridized carbons (Fsp3) is 1.00. The van der Waals surface area contributed by atoms with Crippen LogP contribution < -0.4 is 5.32 Å². The van der Waals surface area contributed by atoms with Gasteiger partial charge in [0.1, 0.15) is 0 Å². The molecule has 0 aromatic rings. The predicted molar refractivity (Wildman–Crippen MR) is 58.4 cm³/mol. The van der Waals surface area contributed by atoms with Crippen LogP contribution in [0.15, 0.2) is 0 Å². The van der Waals surface area contributed by atoms with Crippen molar-refractivity contribution >= 4 is 10.8 Å². The van der Waals surface area contributed by atoms with E-state index in [1.165, 1.54) is 19.3 Å². The zero-order valence-electron chi connectivity index (χ0n) is 8.71. The molecule has 0 spiro atoms. The van der Waals surface area contributed by atoms with E-state index in [4.69, 9.17) is 0 Å². The molecule has 78 valence electrons. The normalized spacial score (nSPS) is 21.4. The van der Waals surface area contributed by atoms with E-state index >= 15 is 0 Å². The summed E-state index contributed by atoms with van der Waals surface area (Å²) in [6, 6.07) is 0.530. The van der Waals surface area contributed by atoms with Crippen LogP contribution in [0.5, 0.6) is 0 Å². The van der Waals surface area contributed by atoms with Crippen LogP contribution in [0.2, 0.25) is 0 Å². The van der Waals surface area contributed by atoms with E-state index in [1.807, 2.05) is 0 Å². The lowest BCUT2D eigenvalue weighted by atomic mass is 10.2. The molecule has 0 saturated heterocycles. The Balaban J connectivity index is 1.89. The molecular formula is C10H21NOS. The molecule has 1 saturated carbocycles. The predicted octanol–water partition coefficient (Wildman–Crippen LogP) is 1.53. The maximum Gasteiger partial charge on any atom is 0.0246 e. The third-order valence-corrected chi connectivity index (χ3v) is 3.39. The molecule has 0 radical (unpaired) electrons. The van der Waals surface area contributed by atoms with Gasteiger partial charge in [-0.25, -0.2) is 0 Å². The quantitative estimate of drug-likeness (QED) is 0.680. The first kappa shape index (κ1) is 11.2. The smallest absolute Gasteiger partial charge is 0.0246 e. The summed E-state index contributed by atoms with van der Waals surface area (Å²) in [7, 11) is -0.628. The summed E-state index contributed by atoms with van der Waals surface area (Å²) in [4.78, 5) is 0. The number of nitrogens with one attached hydrogen (secondary N) is 1. The standard InChI is InChI=1S/C10H21NOS/c1-9(6-8-13(2)12)11-7-5-10-3-4-10/h9-11H,3-8H2,1-2H3. The Labute approximate surface area is 83.9 Å². The molecule has 2 nitrogen and oxygen atoms in total. The molecule has 0 aromatic heterocycles. The summed E-state index contributed by atoms with van der Waals surface area (Å²) in [6.07, 6.45) is 7.02. The van der Waals surface area contributed by atoms with Crippen molar-refractivity contribution in [3.8, 4) is 0 Å². The fourth-order valence-corrected chi connectivity index (χ4v) is 2.07. The summed E-state index contributed by atoms with van der Waals surface area (Å²) in [5, 5.41) is 3.47. The van der Waals surface area contributed by atoms with Gasteiger partial charge in [-0.1, -0.05) is 12.8 Å². The van der Waals surface area contributed by atoms with E-state index in [2.05, 4.69) is 12.2 Å². The highest BCUT2D eigenvalue weighted by Gasteiger charge is 2.20. The van der Waals surface area contributed by atoms with Gasteiger partial charge in [-0.2, -0.15) is 0 Å². The molecule has 0 bridgehead atoms. The van der Waals surface area contributed by atoms with Crippen LogP contribution in [0.4, 0.5) is 0 Å². The Morgan fingerprint density at radius 3 is 2.77 bits per heavy atom. The van der Waals surface area contributed by atoms with Crippen molar-refractivity contribution in [2.45, 2.75) is 38.6 Å². The molecule has 0 aliphatic heterocycles. The van der Waals surface area contributed by atoms with Crippen LogP contribution in [-0.2, 0) is 10.8 Å². The second kappa shape index (κ2) is 5.76. The van der Waals surface area contributed by atoms with E-state index in [9.17, 15) is 4.21 Å². The molecule has 13 heavy (non-hydrogen) atoms. The van der Waals surface area contributed by atoms with E-state index < -0.39 is 10.8 Å². The van der Waals surface area contributed by atoms with Gasteiger partial charge in [-0.3, -0.25) is 4.21 Å². The number of hydrogen-bond acceptors (Lipinski definition) is 2. The maximum atomic E-state index is 10.8. The molecule has 3 heteroatoms. The van der Waals surface area contributed by atoms with Gasteiger partial charge >= 0.3 is 0 Å². The van der Waals surface area contributed by atoms with Gasteiger partial charge < -0.3 is 5.32 Å². The monoisotopic (exact) mass is 203 g/mol. The average molecular weight is 203 g/mol. The average Bonchev–Trinajstić information content (AvgIpc) is 2.84. The maximum absolute atomic E-state index is 10.8. The van der Waals surface area contributed by atoms with Gasteiger partial charge in [-0.05, 0) is 32.2 Å². The highest BCUT2D eigenvalue weighted by Crippen LogP contribution is 2.31. The summed E-state index contributed by atoms with van der Waals surface area (Å²) >= 11 is 0. The largest absolute Gasteiger partial charge is 0.314 e. The number of hydrogen-bond donors (Lipinski definition) is 1. The Morgan fingerprint density at radius 2 is 2.23 bits per heavy atom. The Morgan fingerprint density at radius 1 is 1.54 bits per heavy atom. The second-order valence-corrected chi connectivity index (χ2v) is 5.71. The van der Waals surface area contributed by atoms with Crippen molar-refractivity contribution in [2.75, 3.05) is 18.6 Å². The SMILES string of the molecule is CC(CCS(C)=O)NCCC1CC1. The van der Waals surface area contributed by atoms with Crippen LogP contribution in [0.25, 0.3) is 0 Å². The highest BCUT2D eigenvalue weighted by molar-refractivity contribution is 7.84. The highest BCUT2D eigenvalue weighted by atomic mass is 32.2. The van der Waals surface area contributed by atoms with Crippen molar-refractivity contribution in [3.05, 3.63) is 0 Å². The lowest BCUT2D eigenvalue weighted by molar-refractivity contribution is 0.511. The van der Waals surface area contributed by atoms with Crippen LogP contribution in [-0.4, -0.2) is 28.8 Å². The second-order valence-electron chi connectivity index (χ2n) is 4.15. The molecule has 1 N–H and O–H groups in total. The summed E-state index contributed by atoms with van der Waals surface area (Å²) in [6.45, 7) is 3.32. The van der Waals surface area contributed by atoms with Crippen molar-refractivity contribution < 1.29 is 4.21 Å². The van der Waals surface area contributed by atoms with Gasteiger partial charge in [0.15, 0.2) is 0 Å². The zero-order valence-corrected chi connectivity index (χ0v) is 9.53. The first-order valence-corrected chi connectivity index (χ1v) is 6.94. The molecule has 2 atom stereocenters. The van der Waals surface area contributed by atoms with Crippen LogP contribution in [0.1, 0.15) is 32.6 Å². The lowest BCUT2D eigenvalue weighted by Crippen LogP contribution is -2.28. The molecule has 0 aromatic carbocycles. The van der Waals surface area contributed by atoms with Crippen molar-refractivity contribution in [1.29, 1.82) is 0 Å². The van der Waals surface area contributed by atoms with Gasteiger partial charge in [0.2, 0.25) is 0 Å². The molecule has 1 aliphatic carbocycles. The third-order valence-electron chi connectivity index (χ3n) is 2.58. The zero-order chi connectivity index (χ0) is 9.68. The van der Waals surface area contributed by atoms with Gasteiger partial charge in [-0.15, -0.1) is 0 Å². The molecule has 0 amide bonds. The van der Waals surface area contributed by atoms with Crippen molar-refractivity contribution in [3.63, 3.8) is 0 Å². The lowest BCUT2D eigenvalue weighted by Gasteiger charge is -2.12. The molecule has 0 heterocycles. The molecular weight excluding hydrogens is 182 g/mol. The minimum Gasteiger partial charge on any atom is -0.314 e. The summed E-state index contributed by atoms with van der Waals surface area (Å²) in [5.74, 6) is 1.84. The molecule has 1 aliphatic rings. The summed E-state index contributed by atoms with van der Waals surface area (Å²) in [5.41, 5.74) is 0. The van der Waals surface area contributed by atoms with Crippen molar-refractivity contribution in [1.82, 2.24) is 5.32 Å². The topological polar surface area (TPSA) is 29.1 Å². The van der Waals surface area contributed by atoms with Crippen LogP contribution in [0, 0.1) is 5.92 Å². The van der Waals surface area contributed by atoms with Crippen molar-refractivity contribution in [2.24, 2.45) is 5.92 Å². The number of rotatable bonds is 7. The van der Waals surface area contributed by atoms with Gasteiger partial charge in [0.25, 0.3) is 0 Å². The molecule has 1 rings (SSSR count). The Kier molecular flexibility index (Phi) is 4.96. The first-order chi connectivity index (χ1) is 6.18. The van der Waals surface area contributed by atoms with Gasteiger partial charge in [0, 0.05) is 28.9 Å². The minimum atomic E-state index is -0.628. The van der Waals surface area contributed by atoms with E-state index in [-0.39, 0.29) is 0 Å². The molecule has 1 fully saturated rings. The Hall–Kier alpha value is 0.110. The van der Waals surface area contributed by atoms with E-state index in [0.29, 0.717) is 6.04 Å².